The number of carboxylic acids is 1. The molecule has 1 heterocycles. The van der Waals surface area contributed by atoms with Crippen molar-refractivity contribution in [2.45, 2.75) is 25.5 Å². The van der Waals surface area contributed by atoms with Gasteiger partial charge in [-0.15, -0.1) is 0 Å². The first-order chi connectivity index (χ1) is 6.77. The van der Waals surface area contributed by atoms with Crippen LogP contribution in [0, 0.1) is 0 Å². The van der Waals surface area contributed by atoms with Crippen molar-refractivity contribution in [3.8, 4) is 0 Å². The van der Waals surface area contributed by atoms with Gasteiger partial charge >= 0.3 is 5.97 Å². The molecule has 1 aromatic rings. The van der Waals surface area contributed by atoms with Crippen LogP contribution in [0.25, 0.3) is 0 Å². The summed E-state index contributed by atoms with van der Waals surface area (Å²) >= 11 is 0. The molecule has 76 valence electrons. The van der Waals surface area contributed by atoms with Crippen molar-refractivity contribution in [2.24, 2.45) is 0 Å². The molecule has 2 rings (SSSR count). The van der Waals surface area contributed by atoms with Crippen LogP contribution >= 0.6 is 0 Å². The van der Waals surface area contributed by atoms with Gasteiger partial charge in [-0.2, -0.15) is 0 Å². The van der Waals surface area contributed by atoms with Gasteiger partial charge in [-0.05, 0) is 12.8 Å². The molecule has 1 N–H and O–H groups in total. The molecular formula is C9H12N2O3. The highest BCUT2D eigenvalue weighted by atomic mass is 16.5. The summed E-state index contributed by atoms with van der Waals surface area (Å²) in [5.41, 5.74) is 0.953. The molecule has 1 aliphatic rings. The normalized spacial score (nSPS) is 15.7. The van der Waals surface area contributed by atoms with Crippen LogP contribution in [0.1, 0.15) is 24.6 Å². The molecular weight excluding hydrogens is 184 g/mol. The first kappa shape index (κ1) is 9.21. The minimum atomic E-state index is -0.942. The maximum atomic E-state index is 10.2. The molecule has 1 aliphatic carbocycles. The minimum absolute atomic E-state index is 0.254. The van der Waals surface area contributed by atoms with Crippen LogP contribution < -0.4 is 0 Å². The van der Waals surface area contributed by atoms with E-state index in [-0.39, 0.29) is 6.61 Å². The van der Waals surface area contributed by atoms with Crippen LogP contribution in [0.4, 0.5) is 0 Å². The van der Waals surface area contributed by atoms with Gasteiger partial charge in [0.15, 0.2) is 0 Å². The Morgan fingerprint density at radius 3 is 3.14 bits per heavy atom. The topological polar surface area (TPSA) is 64.3 Å². The summed E-state index contributed by atoms with van der Waals surface area (Å²) in [6.07, 6.45) is 5.86. The van der Waals surface area contributed by atoms with Crippen LogP contribution in [0.15, 0.2) is 12.5 Å². The zero-order valence-corrected chi connectivity index (χ0v) is 7.72. The van der Waals surface area contributed by atoms with Crippen LogP contribution in [0.3, 0.4) is 0 Å². The summed E-state index contributed by atoms with van der Waals surface area (Å²) in [6, 6.07) is 0.556. The van der Waals surface area contributed by atoms with Gasteiger partial charge in [-0.1, -0.05) is 0 Å². The number of hydrogen-bond donors (Lipinski definition) is 1. The maximum absolute atomic E-state index is 10.2. The Kier molecular flexibility index (Phi) is 2.49. The second kappa shape index (κ2) is 3.79. The van der Waals surface area contributed by atoms with Crippen LogP contribution in [0.5, 0.6) is 0 Å². The zero-order chi connectivity index (χ0) is 9.97. The third-order valence-corrected chi connectivity index (χ3v) is 2.16. The number of carbonyl (C=O) groups is 1. The summed E-state index contributed by atoms with van der Waals surface area (Å²) in [7, 11) is 0. The average Bonchev–Trinajstić information content (AvgIpc) is 2.87. The number of carboxylic acid groups (broad SMARTS) is 1. The predicted molar refractivity (Wildman–Crippen MR) is 47.8 cm³/mol. The third-order valence-electron chi connectivity index (χ3n) is 2.16. The Bertz CT molecular complexity index is 331. The van der Waals surface area contributed by atoms with Crippen molar-refractivity contribution in [2.75, 3.05) is 6.61 Å². The summed E-state index contributed by atoms with van der Waals surface area (Å²) in [5, 5.41) is 8.39. The lowest BCUT2D eigenvalue weighted by Gasteiger charge is -2.05. The van der Waals surface area contributed by atoms with E-state index in [9.17, 15) is 4.79 Å². The number of nitrogens with zero attached hydrogens (tertiary/aromatic N) is 2. The lowest BCUT2D eigenvalue weighted by atomic mass is 10.5. The van der Waals surface area contributed by atoms with Crippen molar-refractivity contribution in [3.05, 3.63) is 18.2 Å². The summed E-state index contributed by atoms with van der Waals surface area (Å²) in [6.45, 7) is 0.0681. The van der Waals surface area contributed by atoms with Gasteiger partial charge in [0.1, 0.15) is 6.61 Å². The molecule has 0 atom stereocenters. The highest BCUT2D eigenvalue weighted by molar-refractivity contribution is 5.67. The van der Waals surface area contributed by atoms with Crippen LogP contribution in [-0.4, -0.2) is 27.2 Å². The highest BCUT2D eigenvalue weighted by Crippen LogP contribution is 2.35. The van der Waals surface area contributed by atoms with E-state index in [0.29, 0.717) is 12.6 Å². The molecule has 0 spiro atoms. The quantitative estimate of drug-likeness (QED) is 0.757. The number of ether oxygens (including phenoxy) is 1. The van der Waals surface area contributed by atoms with Crippen LogP contribution in [-0.2, 0) is 16.1 Å². The standard InChI is InChI=1S/C9H12N2O3/c12-9(13)5-14-4-8-3-10-6-11(8)7-1-2-7/h3,6-7H,1-2,4-5H2,(H,12,13). The van der Waals surface area contributed by atoms with E-state index in [1.165, 1.54) is 12.8 Å². The molecule has 0 bridgehead atoms. The molecule has 5 heteroatoms. The minimum Gasteiger partial charge on any atom is -0.480 e. The number of hydrogen-bond acceptors (Lipinski definition) is 3. The molecule has 0 aromatic carbocycles. The van der Waals surface area contributed by atoms with Crippen molar-refractivity contribution >= 4 is 5.97 Å². The molecule has 0 aliphatic heterocycles. The van der Waals surface area contributed by atoms with E-state index in [0.717, 1.165) is 5.69 Å². The maximum Gasteiger partial charge on any atom is 0.329 e. The Morgan fingerprint density at radius 1 is 1.71 bits per heavy atom. The largest absolute Gasteiger partial charge is 0.480 e. The molecule has 0 amide bonds. The van der Waals surface area contributed by atoms with Gasteiger partial charge in [0.25, 0.3) is 0 Å². The highest BCUT2D eigenvalue weighted by Gasteiger charge is 2.25. The fraction of sp³-hybridized carbons (Fsp3) is 0.556. The number of aromatic nitrogens is 2. The summed E-state index contributed by atoms with van der Waals surface area (Å²) in [5.74, 6) is -0.942. The van der Waals surface area contributed by atoms with Gasteiger partial charge in [-0.25, -0.2) is 9.78 Å². The van der Waals surface area contributed by atoms with Gasteiger partial charge in [0, 0.05) is 6.04 Å². The van der Waals surface area contributed by atoms with Gasteiger partial charge in [0.2, 0.25) is 0 Å². The van der Waals surface area contributed by atoms with Crippen molar-refractivity contribution < 1.29 is 14.6 Å². The first-order valence-corrected chi connectivity index (χ1v) is 4.57. The Balaban J connectivity index is 1.88. The molecule has 5 nitrogen and oxygen atoms in total. The number of aliphatic carboxylic acids is 1. The van der Waals surface area contributed by atoms with Gasteiger partial charge in [0.05, 0.1) is 24.8 Å². The molecule has 1 aromatic heterocycles. The van der Waals surface area contributed by atoms with E-state index in [4.69, 9.17) is 9.84 Å². The molecule has 0 saturated heterocycles. The molecule has 1 fully saturated rings. The number of rotatable bonds is 5. The first-order valence-electron chi connectivity index (χ1n) is 4.57. The van der Waals surface area contributed by atoms with E-state index < -0.39 is 5.97 Å². The fourth-order valence-electron chi connectivity index (χ4n) is 1.37. The number of imidazole rings is 1. The van der Waals surface area contributed by atoms with Crippen molar-refractivity contribution in [1.82, 2.24) is 9.55 Å². The monoisotopic (exact) mass is 196 g/mol. The SMILES string of the molecule is O=C(O)COCc1cncn1C1CC1. The van der Waals surface area contributed by atoms with E-state index >= 15 is 0 Å². The molecule has 1 saturated carbocycles. The average molecular weight is 196 g/mol. The second-order valence-electron chi connectivity index (χ2n) is 3.41. The lowest BCUT2D eigenvalue weighted by molar-refractivity contribution is -0.142. The summed E-state index contributed by atoms with van der Waals surface area (Å²) < 4.78 is 7.06. The second-order valence-corrected chi connectivity index (χ2v) is 3.41. The van der Waals surface area contributed by atoms with Gasteiger partial charge in [-0.3, -0.25) is 0 Å². The van der Waals surface area contributed by atoms with Crippen LogP contribution in [0.2, 0.25) is 0 Å². The van der Waals surface area contributed by atoms with E-state index in [1.807, 2.05) is 0 Å². The summed E-state index contributed by atoms with van der Waals surface area (Å²) in [4.78, 5) is 14.2. The van der Waals surface area contributed by atoms with E-state index in [1.54, 1.807) is 12.5 Å². The predicted octanol–water partition coefficient (Wildman–Crippen LogP) is 0.819. The molecule has 0 radical (unpaired) electrons. The fourth-order valence-corrected chi connectivity index (χ4v) is 1.37. The molecule has 0 unspecified atom stereocenters. The Labute approximate surface area is 81.3 Å². The molecule has 14 heavy (non-hydrogen) atoms. The smallest absolute Gasteiger partial charge is 0.329 e. The van der Waals surface area contributed by atoms with Crippen molar-refractivity contribution in [1.29, 1.82) is 0 Å². The lowest BCUT2D eigenvalue weighted by Crippen LogP contribution is -2.08. The Hall–Kier alpha value is -1.36. The van der Waals surface area contributed by atoms with Gasteiger partial charge < -0.3 is 14.4 Å². The zero-order valence-electron chi connectivity index (χ0n) is 7.72. The van der Waals surface area contributed by atoms with E-state index in [2.05, 4.69) is 9.55 Å². The third kappa shape index (κ3) is 2.11. The Morgan fingerprint density at radius 2 is 2.50 bits per heavy atom. The van der Waals surface area contributed by atoms with Crippen molar-refractivity contribution in [3.63, 3.8) is 0 Å².